The molecule has 0 spiro atoms. The summed E-state index contributed by atoms with van der Waals surface area (Å²) < 4.78 is 5.47. The highest BCUT2D eigenvalue weighted by molar-refractivity contribution is 5.93. The van der Waals surface area contributed by atoms with Gasteiger partial charge in [-0.1, -0.05) is 30.4 Å². The van der Waals surface area contributed by atoms with Gasteiger partial charge in [0.05, 0.1) is 5.60 Å². The van der Waals surface area contributed by atoms with Crippen molar-refractivity contribution in [2.75, 3.05) is 6.61 Å². The van der Waals surface area contributed by atoms with E-state index in [1.165, 1.54) is 37.7 Å². The number of aromatic carboxylic acids is 1. The number of allylic oxidation sites excluding steroid dienone is 1. The van der Waals surface area contributed by atoms with E-state index in [0.29, 0.717) is 0 Å². The summed E-state index contributed by atoms with van der Waals surface area (Å²) in [4.78, 5) is 13.3. The van der Waals surface area contributed by atoms with Gasteiger partial charge in [0.1, 0.15) is 5.69 Å². The number of H-pyrrole nitrogens is 1. The molecule has 2 aliphatic rings. The van der Waals surface area contributed by atoms with E-state index in [0.717, 1.165) is 17.5 Å². The number of nitrogens with one attached hydrogen (secondary N) is 1. The van der Waals surface area contributed by atoms with Crippen molar-refractivity contribution in [1.29, 1.82) is 0 Å². The van der Waals surface area contributed by atoms with E-state index < -0.39 is 5.97 Å². The van der Waals surface area contributed by atoms with Crippen LogP contribution in [0.2, 0.25) is 0 Å². The molecule has 2 heterocycles. The Bertz CT molecular complexity index is 653. The lowest BCUT2D eigenvalue weighted by Crippen LogP contribution is -2.28. The number of benzene rings is 1. The van der Waals surface area contributed by atoms with Crippen LogP contribution in [-0.4, -0.2) is 28.3 Å². The van der Waals surface area contributed by atoms with Crippen molar-refractivity contribution in [3.8, 4) is 0 Å². The quantitative estimate of drug-likeness (QED) is 0.710. The maximum Gasteiger partial charge on any atom is 0.352 e. The average Bonchev–Trinajstić information content (AvgIpc) is 3.18. The minimum Gasteiger partial charge on any atom is -0.477 e. The van der Waals surface area contributed by atoms with Gasteiger partial charge in [-0.05, 0) is 58.1 Å². The Morgan fingerprint density at radius 2 is 1.92 bits per heavy atom. The minimum absolute atomic E-state index is 0.179. The number of aromatic nitrogens is 1. The van der Waals surface area contributed by atoms with Gasteiger partial charge in [0.25, 0.3) is 0 Å². The van der Waals surface area contributed by atoms with Crippen LogP contribution in [0.5, 0.6) is 0 Å². The summed E-state index contributed by atoms with van der Waals surface area (Å²) in [5, 5.41) is 9.58. The van der Waals surface area contributed by atoms with Crippen molar-refractivity contribution in [2.24, 2.45) is 0 Å². The van der Waals surface area contributed by atoms with E-state index in [1.54, 1.807) is 6.07 Å². The van der Waals surface area contributed by atoms with Crippen LogP contribution in [0.15, 0.2) is 42.5 Å². The molecule has 4 nitrogen and oxygen atoms in total. The topological polar surface area (TPSA) is 62.3 Å². The number of fused-ring (bicyclic) bond motifs is 1. The molecular formula is C20H27NO3. The van der Waals surface area contributed by atoms with Gasteiger partial charge in [-0.15, -0.1) is 0 Å². The molecule has 2 aromatic rings. The largest absolute Gasteiger partial charge is 0.477 e. The molecule has 1 aromatic carbocycles. The summed E-state index contributed by atoms with van der Waals surface area (Å²) in [6.45, 7) is 8.95. The molecule has 1 aliphatic heterocycles. The smallest absolute Gasteiger partial charge is 0.352 e. The molecule has 0 amide bonds. The Morgan fingerprint density at radius 1 is 1.25 bits per heavy atom. The summed E-state index contributed by atoms with van der Waals surface area (Å²) in [5.74, 6) is -0.925. The summed E-state index contributed by atoms with van der Waals surface area (Å²) in [6, 6.07) is 9.09. The van der Waals surface area contributed by atoms with Crippen molar-refractivity contribution in [2.45, 2.75) is 51.6 Å². The van der Waals surface area contributed by atoms with Gasteiger partial charge in [0.15, 0.2) is 0 Å². The molecule has 1 aromatic heterocycles. The van der Waals surface area contributed by atoms with E-state index in [4.69, 9.17) is 9.84 Å². The van der Waals surface area contributed by atoms with E-state index in [1.807, 2.05) is 24.3 Å². The average molecular weight is 329 g/mol. The number of carboxylic acid groups (broad SMARTS) is 1. The zero-order chi connectivity index (χ0) is 17.6. The molecule has 4 rings (SSSR count). The van der Waals surface area contributed by atoms with Gasteiger partial charge in [0, 0.05) is 17.5 Å². The summed E-state index contributed by atoms with van der Waals surface area (Å²) >= 11 is 0. The molecule has 0 bridgehead atoms. The number of carboxylic acids is 1. The van der Waals surface area contributed by atoms with Crippen molar-refractivity contribution < 1.29 is 14.6 Å². The van der Waals surface area contributed by atoms with Crippen LogP contribution < -0.4 is 0 Å². The monoisotopic (exact) mass is 329 g/mol. The van der Waals surface area contributed by atoms with Crippen molar-refractivity contribution in [1.82, 2.24) is 4.98 Å². The second kappa shape index (κ2) is 8.15. The van der Waals surface area contributed by atoms with Crippen LogP contribution in [0.25, 0.3) is 10.9 Å². The van der Waals surface area contributed by atoms with E-state index in [2.05, 4.69) is 25.4 Å². The van der Waals surface area contributed by atoms with Crippen LogP contribution >= 0.6 is 0 Å². The number of rotatable bonds is 1. The first kappa shape index (κ1) is 18.3. The van der Waals surface area contributed by atoms with E-state index in [9.17, 15) is 4.79 Å². The molecule has 0 unspecified atom stereocenters. The Morgan fingerprint density at radius 3 is 2.33 bits per heavy atom. The number of carbonyl (C=O) groups is 1. The molecule has 2 N–H and O–H groups in total. The summed E-state index contributed by atoms with van der Waals surface area (Å²) in [7, 11) is 0. The minimum atomic E-state index is -0.925. The maximum atomic E-state index is 10.5. The maximum absolute atomic E-state index is 10.5. The molecule has 24 heavy (non-hydrogen) atoms. The fraction of sp³-hybridized carbons (Fsp3) is 0.450. The summed E-state index contributed by atoms with van der Waals surface area (Å²) in [5.41, 5.74) is 2.68. The van der Waals surface area contributed by atoms with Crippen LogP contribution in [0, 0.1) is 0 Å². The third kappa shape index (κ3) is 6.20. The predicted molar refractivity (Wildman–Crippen MR) is 97.5 cm³/mol. The standard InChI is InChI=1S/C9H7NO2.C7H14O.C4H6/c11-9(12)8-5-6-3-1-2-4-7(6)10-8;1-7(2)5-3-4-6-8-7;1-4-2-3-4/h1-5,10H,(H,11,12);3-6H2,1-2H3;1-3H2. The first-order chi connectivity index (χ1) is 11.4. The van der Waals surface area contributed by atoms with Gasteiger partial charge in [-0.3, -0.25) is 0 Å². The third-order valence-corrected chi connectivity index (χ3v) is 4.03. The normalized spacial score (nSPS) is 18.0. The lowest BCUT2D eigenvalue weighted by Gasteiger charge is -2.29. The second-order valence-corrected chi connectivity index (χ2v) is 6.89. The lowest BCUT2D eigenvalue weighted by atomic mass is 9.99. The fourth-order valence-corrected chi connectivity index (χ4v) is 2.35. The highest BCUT2D eigenvalue weighted by Gasteiger charge is 2.20. The number of ether oxygens (including phenoxy) is 1. The van der Waals surface area contributed by atoms with Gasteiger partial charge in [-0.2, -0.15) is 0 Å². The molecule has 0 radical (unpaired) electrons. The van der Waals surface area contributed by atoms with Gasteiger partial charge in [-0.25, -0.2) is 4.79 Å². The third-order valence-electron chi connectivity index (χ3n) is 4.03. The fourth-order valence-electron chi connectivity index (χ4n) is 2.35. The first-order valence-electron chi connectivity index (χ1n) is 8.49. The molecule has 2 fully saturated rings. The second-order valence-electron chi connectivity index (χ2n) is 6.89. The van der Waals surface area contributed by atoms with Crippen LogP contribution in [-0.2, 0) is 4.74 Å². The molecule has 0 atom stereocenters. The lowest BCUT2D eigenvalue weighted by molar-refractivity contribution is -0.0511. The Hall–Kier alpha value is -2.07. The molecule has 1 aliphatic carbocycles. The molecule has 4 heteroatoms. The Labute approximate surface area is 143 Å². The first-order valence-corrected chi connectivity index (χ1v) is 8.49. The number of hydrogen-bond acceptors (Lipinski definition) is 2. The van der Waals surface area contributed by atoms with E-state index >= 15 is 0 Å². The van der Waals surface area contributed by atoms with Gasteiger partial charge in [0.2, 0.25) is 0 Å². The van der Waals surface area contributed by atoms with Crippen molar-refractivity contribution in [3.63, 3.8) is 0 Å². The number of para-hydroxylation sites is 1. The number of aromatic amines is 1. The van der Waals surface area contributed by atoms with Crippen molar-refractivity contribution >= 4 is 16.9 Å². The molecule has 1 saturated heterocycles. The van der Waals surface area contributed by atoms with Crippen molar-refractivity contribution in [3.05, 3.63) is 48.2 Å². The molecule has 1 saturated carbocycles. The highest BCUT2D eigenvalue weighted by atomic mass is 16.5. The van der Waals surface area contributed by atoms with Crippen LogP contribution in [0.3, 0.4) is 0 Å². The highest BCUT2D eigenvalue weighted by Crippen LogP contribution is 2.24. The SMILES string of the molecule is C=C1CC1.CC1(C)CCCCO1.O=C(O)c1cc2ccccc2[nH]1. The Kier molecular flexibility index (Phi) is 6.21. The Balaban J connectivity index is 0.000000149. The zero-order valence-electron chi connectivity index (χ0n) is 14.6. The van der Waals surface area contributed by atoms with Crippen LogP contribution in [0.1, 0.15) is 56.4 Å². The van der Waals surface area contributed by atoms with Gasteiger partial charge < -0.3 is 14.8 Å². The molecular weight excluding hydrogens is 302 g/mol. The predicted octanol–water partition coefficient (Wildman–Crippen LogP) is 5.17. The van der Waals surface area contributed by atoms with Crippen LogP contribution in [0.4, 0.5) is 0 Å². The molecule has 130 valence electrons. The number of hydrogen-bond donors (Lipinski definition) is 2. The van der Waals surface area contributed by atoms with E-state index in [-0.39, 0.29) is 11.3 Å². The zero-order valence-corrected chi connectivity index (χ0v) is 14.6. The van der Waals surface area contributed by atoms with Gasteiger partial charge >= 0.3 is 5.97 Å². The summed E-state index contributed by atoms with van der Waals surface area (Å²) in [6.07, 6.45) is 6.41.